The molecule has 0 aliphatic heterocycles. The zero-order valence-corrected chi connectivity index (χ0v) is 11.6. The first-order valence-electron chi connectivity index (χ1n) is 6.05. The van der Waals surface area contributed by atoms with Gasteiger partial charge in [0, 0.05) is 6.07 Å². The maximum Gasteiger partial charge on any atom is 0.332 e. The third kappa shape index (κ3) is 3.19. The molecule has 6 nitrogen and oxygen atoms in total. The summed E-state index contributed by atoms with van der Waals surface area (Å²) in [6.45, 7) is 7.31. The Hall–Kier alpha value is -2.16. The average molecular weight is 263 g/mol. The molecule has 1 atom stereocenters. The first-order valence-corrected chi connectivity index (χ1v) is 6.05. The van der Waals surface area contributed by atoms with E-state index in [1.807, 2.05) is 13.0 Å². The van der Waals surface area contributed by atoms with Crippen LogP contribution in [-0.2, 0) is 14.9 Å². The lowest BCUT2D eigenvalue weighted by molar-refractivity contribution is -0.147. The quantitative estimate of drug-likeness (QED) is 0.749. The monoisotopic (exact) mass is 263 g/mol. The number of aromatic nitrogens is 2. The van der Waals surface area contributed by atoms with Crippen LogP contribution < -0.4 is 4.74 Å². The maximum absolute atomic E-state index is 11.9. The zero-order chi connectivity index (χ0) is 14.5. The number of carbonyl (C=O) groups is 1. The molecule has 0 aliphatic rings. The Balaban J connectivity index is 3.25. The van der Waals surface area contributed by atoms with Crippen molar-refractivity contribution in [3.63, 3.8) is 0 Å². The number of hydrogen-bond donors (Lipinski definition) is 0. The molecule has 1 aromatic rings. The summed E-state index contributed by atoms with van der Waals surface area (Å²) < 4.78 is 10.2. The molecule has 19 heavy (non-hydrogen) atoms. The van der Waals surface area contributed by atoms with Gasteiger partial charge in [0.1, 0.15) is 5.82 Å². The van der Waals surface area contributed by atoms with Crippen LogP contribution in [0, 0.1) is 18.3 Å². The Bertz CT molecular complexity index is 510. The summed E-state index contributed by atoms with van der Waals surface area (Å²) in [7, 11) is 0. The zero-order valence-electron chi connectivity index (χ0n) is 11.6. The molecule has 0 saturated heterocycles. The molecule has 0 amide bonds. The van der Waals surface area contributed by atoms with Crippen LogP contribution in [0.1, 0.15) is 32.3 Å². The van der Waals surface area contributed by atoms with Crippen molar-refractivity contribution in [3.05, 3.63) is 17.6 Å². The third-order valence-corrected chi connectivity index (χ3v) is 2.53. The van der Waals surface area contributed by atoms with E-state index in [0.29, 0.717) is 18.3 Å². The normalized spacial score (nSPS) is 13.2. The third-order valence-electron chi connectivity index (χ3n) is 2.53. The van der Waals surface area contributed by atoms with Gasteiger partial charge in [-0.1, -0.05) is 0 Å². The van der Waals surface area contributed by atoms with E-state index in [2.05, 4.69) is 9.97 Å². The molecular weight excluding hydrogens is 246 g/mol. The van der Waals surface area contributed by atoms with E-state index in [-0.39, 0.29) is 12.3 Å². The van der Waals surface area contributed by atoms with Gasteiger partial charge in [-0.05, 0) is 27.7 Å². The van der Waals surface area contributed by atoms with E-state index in [4.69, 9.17) is 9.47 Å². The minimum absolute atomic E-state index is 0.207. The fourth-order valence-electron chi connectivity index (χ4n) is 1.50. The number of ether oxygens (including phenoxy) is 2. The predicted octanol–water partition coefficient (Wildman–Crippen LogP) is 1.53. The van der Waals surface area contributed by atoms with E-state index in [1.54, 1.807) is 13.8 Å². The highest BCUT2D eigenvalue weighted by molar-refractivity contribution is 5.85. The van der Waals surface area contributed by atoms with Crippen LogP contribution in [0.3, 0.4) is 0 Å². The summed E-state index contributed by atoms with van der Waals surface area (Å²) in [6.07, 6.45) is 0. The summed E-state index contributed by atoms with van der Waals surface area (Å²) in [5.74, 6) is 0.153. The molecule has 0 fully saturated rings. The van der Waals surface area contributed by atoms with Crippen LogP contribution in [0.15, 0.2) is 6.07 Å². The molecule has 1 rings (SSSR count). The number of hydrogen-bond acceptors (Lipinski definition) is 6. The van der Waals surface area contributed by atoms with Crippen molar-refractivity contribution >= 4 is 5.97 Å². The number of esters is 1. The van der Waals surface area contributed by atoms with Crippen molar-refractivity contribution in [2.24, 2.45) is 0 Å². The van der Waals surface area contributed by atoms with Gasteiger partial charge in [-0.25, -0.2) is 9.78 Å². The minimum atomic E-state index is -1.46. The molecule has 0 saturated carbocycles. The van der Waals surface area contributed by atoms with Crippen LogP contribution in [0.4, 0.5) is 0 Å². The molecule has 1 aromatic heterocycles. The summed E-state index contributed by atoms with van der Waals surface area (Å²) in [5.41, 5.74) is -1.18. The number of aryl methyl sites for hydroxylation is 1. The van der Waals surface area contributed by atoms with Crippen LogP contribution in [0.5, 0.6) is 5.88 Å². The Labute approximate surface area is 112 Å². The van der Waals surface area contributed by atoms with E-state index in [0.717, 1.165) is 0 Å². The molecule has 102 valence electrons. The second kappa shape index (κ2) is 6.14. The van der Waals surface area contributed by atoms with Crippen molar-refractivity contribution in [2.45, 2.75) is 33.1 Å². The van der Waals surface area contributed by atoms with E-state index >= 15 is 0 Å². The van der Waals surface area contributed by atoms with E-state index in [1.165, 1.54) is 13.0 Å². The molecule has 0 radical (unpaired) electrons. The molecule has 0 spiro atoms. The van der Waals surface area contributed by atoms with Crippen molar-refractivity contribution in [3.8, 4) is 11.9 Å². The highest BCUT2D eigenvalue weighted by Gasteiger charge is 2.39. The van der Waals surface area contributed by atoms with Crippen LogP contribution in [0.25, 0.3) is 0 Å². The minimum Gasteiger partial charge on any atom is -0.478 e. The van der Waals surface area contributed by atoms with E-state index < -0.39 is 11.4 Å². The van der Waals surface area contributed by atoms with Gasteiger partial charge in [0.05, 0.1) is 25.0 Å². The molecule has 6 heteroatoms. The summed E-state index contributed by atoms with van der Waals surface area (Å²) in [5, 5.41) is 9.30. The first kappa shape index (κ1) is 14.9. The molecular formula is C13H17N3O3. The van der Waals surface area contributed by atoms with Crippen molar-refractivity contribution in [1.29, 1.82) is 5.26 Å². The van der Waals surface area contributed by atoms with Gasteiger partial charge in [-0.2, -0.15) is 10.2 Å². The Morgan fingerprint density at radius 3 is 2.63 bits per heavy atom. The second-order valence-electron chi connectivity index (χ2n) is 4.03. The van der Waals surface area contributed by atoms with Gasteiger partial charge in [0.2, 0.25) is 5.88 Å². The standard InChI is InChI=1S/C13H17N3O3/c1-5-18-11-7-10(15-9(3)16-11)13(4,8-14)12(17)19-6-2/h7H,5-6H2,1-4H3. The molecule has 1 heterocycles. The maximum atomic E-state index is 11.9. The lowest BCUT2D eigenvalue weighted by Gasteiger charge is -2.19. The van der Waals surface area contributed by atoms with Crippen molar-refractivity contribution in [2.75, 3.05) is 13.2 Å². The summed E-state index contributed by atoms with van der Waals surface area (Å²) >= 11 is 0. The van der Waals surface area contributed by atoms with Crippen LogP contribution >= 0.6 is 0 Å². The van der Waals surface area contributed by atoms with Crippen LogP contribution in [0.2, 0.25) is 0 Å². The number of nitriles is 1. The fraction of sp³-hybridized carbons (Fsp3) is 0.538. The fourth-order valence-corrected chi connectivity index (χ4v) is 1.50. The van der Waals surface area contributed by atoms with Gasteiger partial charge < -0.3 is 9.47 Å². The number of nitrogens with zero attached hydrogens (tertiary/aromatic N) is 3. The SMILES string of the molecule is CCOC(=O)C(C)(C#N)c1cc(OCC)nc(C)n1. The van der Waals surface area contributed by atoms with Gasteiger partial charge in [0.25, 0.3) is 0 Å². The van der Waals surface area contributed by atoms with E-state index in [9.17, 15) is 10.1 Å². The number of carbonyl (C=O) groups excluding carboxylic acids is 1. The second-order valence-corrected chi connectivity index (χ2v) is 4.03. The molecule has 0 aromatic carbocycles. The number of rotatable bonds is 5. The lowest BCUT2D eigenvalue weighted by atomic mass is 9.88. The molecule has 0 bridgehead atoms. The average Bonchev–Trinajstić information content (AvgIpc) is 2.37. The Morgan fingerprint density at radius 1 is 1.42 bits per heavy atom. The van der Waals surface area contributed by atoms with Crippen LogP contribution in [-0.4, -0.2) is 29.2 Å². The molecule has 0 N–H and O–H groups in total. The Kier molecular flexibility index (Phi) is 4.81. The van der Waals surface area contributed by atoms with Gasteiger partial charge in [-0.15, -0.1) is 0 Å². The molecule has 1 unspecified atom stereocenters. The highest BCUT2D eigenvalue weighted by atomic mass is 16.5. The summed E-state index contributed by atoms with van der Waals surface area (Å²) in [4.78, 5) is 20.2. The van der Waals surface area contributed by atoms with Gasteiger partial charge >= 0.3 is 5.97 Å². The van der Waals surface area contributed by atoms with Crippen molar-refractivity contribution in [1.82, 2.24) is 9.97 Å². The summed E-state index contributed by atoms with van der Waals surface area (Å²) in [6, 6.07) is 3.45. The molecule has 0 aliphatic carbocycles. The highest BCUT2D eigenvalue weighted by Crippen LogP contribution is 2.25. The van der Waals surface area contributed by atoms with Gasteiger partial charge in [0.15, 0.2) is 5.41 Å². The first-order chi connectivity index (χ1) is 8.97. The largest absolute Gasteiger partial charge is 0.478 e. The Morgan fingerprint density at radius 2 is 2.11 bits per heavy atom. The lowest BCUT2D eigenvalue weighted by Crippen LogP contribution is -2.34. The topological polar surface area (TPSA) is 85.1 Å². The predicted molar refractivity (Wildman–Crippen MR) is 67.5 cm³/mol. The van der Waals surface area contributed by atoms with Gasteiger partial charge in [-0.3, -0.25) is 0 Å². The van der Waals surface area contributed by atoms with Crippen molar-refractivity contribution < 1.29 is 14.3 Å². The smallest absolute Gasteiger partial charge is 0.332 e.